The van der Waals surface area contributed by atoms with Gasteiger partial charge in [0.1, 0.15) is 0 Å². The molecule has 7 heteroatoms. The maximum atomic E-state index is 12.0. The highest BCUT2D eigenvalue weighted by Crippen LogP contribution is 2.14. The normalized spacial score (nSPS) is 17.9. The van der Waals surface area contributed by atoms with E-state index in [0.29, 0.717) is 37.2 Å². The molecule has 0 aliphatic carbocycles. The third kappa shape index (κ3) is 3.71. The summed E-state index contributed by atoms with van der Waals surface area (Å²) in [4.78, 5) is 12.0. The number of hydrogen-bond acceptors (Lipinski definition) is 4. The number of nitrogen functional groups attached to an aromatic ring is 1. The summed E-state index contributed by atoms with van der Waals surface area (Å²) in [6, 6.07) is 6.79. The van der Waals surface area contributed by atoms with Crippen LogP contribution in [0.1, 0.15) is 23.2 Å². The second-order valence-electron chi connectivity index (χ2n) is 5.04. The van der Waals surface area contributed by atoms with E-state index in [9.17, 15) is 13.2 Å². The monoisotopic (exact) mass is 297 g/mol. The molecular weight excluding hydrogens is 278 g/mol. The summed E-state index contributed by atoms with van der Waals surface area (Å²) in [6.45, 7) is 0.890. The zero-order chi connectivity index (χ0) is 14.8. The summed E-state index contributed by atoms with van der Waals surface area (Å²) in [5, 5.41) is 2.92. The number of benzene rings is 1. The molecule has 0 atom stereocenters. The zero-order valence-corrected chi connectivity index (χ0v) is 12.2. The Hall–Kier alpha value is -1.60. The Morgan fingerprint density at radius 2 is 2.00 bits per heavy atom. The van der Waals surface area contributed by atoms with E-state index in [0.717, 1.165) is 0 Å². The second-order valence-corrected chi connectivity index (χ2v) is 7.02. The molecule has 0 saturated carbocycles. The van der Waals surface area contributed by atoms with Crippen molar-refractivity contribution >= 4 is 21.6 Å². The molecule has 1 amide bonds. The molecule has 20 heavy (non-hydrogen) atoms. The fourth-order valence-electron chi connectivity index (χ4n) is 2.28. The maximum Gasteiger partial charge on any atom is 0.251 e. The van der Waals surface area contributed by atoms with E-state index >= 15 is 0 Å². The van der Waals surface area contributed by atoms with Crippen molar-refractivity contribution in [3.8, 4) is 0 Å². The third-order valence-electron chi connectivity index (χ3n) is 3.41. The van der Waals surface area contributed by atoms with Gasteiger partial charge in [0.05, 0.1) is 6.26 Å². The number of nitrogens with two attached hydrogens (primary N) is 1. The SMILES string of the molecule is CS(=O)(=O)N1CCC(NC(=O)c2cccc(N)c2)CC1. The van der Waals surface area contributed by atoms with Crippen LogP contribution in [0.4, 0.5) is 5.69 Å². The highest BCUT2D eigenvalue weighted by molar-refractivity contribution is 7.88. The van der Waals surface area contributed by atoms with Gasteiger partial charge in [-0.1, -0.05) is 6.07 Å². The van der Waals surface area contributed by atoms with Crippen molar-refractivity contribution in [3.05, 3.63) is 29.8 Å². The van der Waals surface area contributed by atoms with Crippen molar-refractivity contribution in [3.63, 3.8) is 0 Å². The third-order valence-corrected chi connectivity index (χ3v) is 4.71. The van der Waals surface area contributed by atoms with Crippen LogP contribution in [0.15, 0.2) is 24.3 Å². The van der Waals surface area contributed by atoms with Gasteiger partial charge in [0.25, 0.3) is 5.91 Å². The maximum absolute atomic E-state index is 12.0. The molecule has 0 aromatic heterocycles. The number of amides is 1. The van der Waals surface area contributed by atoms with Crippen LogP contribution in [0.5, 0.6) is 0 Å². The topological polar surface area (TPSA) is 92.5 Å². The molecule has 0 unspecified atom stereocenters. The van der Waals surface area contributed by atoms with Crippen LogP contribution in [0, 0.1) is 0 Å². The van der Waals surface area contributed by atoms with Crippen molar-refractivity contribution in [1.82, 2.24) is 9.62 Å². The van der Waals surface area contributed by atoms with E-state index in [1.54, 1.807) is 24.3 Å². The van der Waals surface area contributed by atoms with Gasteiger partial charge in [0.15, 0.2) is 0 Å². The van der Waals surface area contributed by atoms with Crippen LogP contribution in [0.2, 0.25) is 0 Å². The zero-order valence-electron chi connectivity index (χ0n) is 11.4. The Bertz CT molecular complexity index is 593. The Morgan fingerprint density at radius 1 is 1.35 bits per heavy atom. The summed E-state index contributed by atoms with van der Waals surface area (Å²) < 4.78 is 24.2. The fourth-order valence-corrected chi connectivity index (χ4v) is 3.15. The van der Waals surface area contributed by atoms with Crippen molar-refractivity contribution in [1.29, 1.82) is 0 Å². The predicted molar refractivity (Wildman–Crippen MR) is 77.8 cm³/mol. The number of rotatable bonds is 3. The molecule has 1 fully saturated rings. The molecule has 1 aliphatic heterocycles. The fraction of sp³-hybridized carbons (Fsp3) is 0.462. The second kappa shape index (κ2) is 5.80. The number of carbonyl (C=O) groups excluding carboxylic acids is 1. The lowest BCUT2D eigenvalue weighted by atomic mass is 10.1. The van der Waals surface area contributed by atoms with Crippen molar-refractivity contribution in [2.24, 2.45) is 0 Å². The molecule has 110 valence electrons. The van der Waals surface area contributed by atoms with Crippen LogP contribution in [0.3, 0.4) is 0 Å². The first-order valence-electron chi connectivity index (χ1n) is 6.48. The number of carbonyl (C=O) groups is 1. The highest BCUT2D eigenvalue weighted by atomic mass is 32.2. The molecule has 1 aromatic rings. The average Bonchev–Trinajstić information content (AvgIpc) is 2.38. The summed E-state index contributed by atoms with van der Waals surface area (Å²) in [6.07, 6.45) is 2.46. The molecule has 0 spiro atoms. The minimum Gasteiger partial charge on any atom is -0.399 e. The number of hydrogen-bond donors (Lipinski definition) is 2. The van der Waals surface area contributed by atoms with Crippen LogP contribution in [-0.2, 0) is 10.0 Å². The van der Waals surface area contributed by atoms with E-state index in [1.165, 1.54) is 10.6 Å². The number of nitrogens with one attached hydrogen (secondary N) is 1. The standard InChI is InChI=1S/C13H19N3O3S/c1-20(18,19)16-7-5-12(6-8-16)15-13(17)10-3-2-4-11(14)9-10/h2-4,9,12H,5-8,14H2,1H3,(H,15,17). The molecular formula is C13H19N3O3S. The first kappa shape index (κ1) is 14.8. The van der Waals surface area contributed by atoms with Gasteiger partial charge < -0.3 is 11.1 Å². The van der Waals surface area contributed by atoms with E-state index in [4.69, 9.17) is 5.73 Å². The largest absolute Gasteiger partial charge is 0.399 e. The van der Waals surface area contributed by atoms with E-state index in [-0.39, 0.29) is 11.9 Å². The van der Waals surface area contributed by atoms with E-state index in [2.05, 4.69) is 5.32 Å². The number of sulfonamides is 1. The van der Waals surface area contributed by atoms with Crippen LogP contribution in [0.25, 0.3) is 0 Å². The molecule has 6 nitrogen and oxygen atoms in total. The predicted octanol–water partition coefficient (Wildman–Crippen LogP) is 0.423. The summed E-state index contributed by atoms with van der Waals surface area (Å²) in [7, 11) is -3.13. The Morgan fingerprint density at radius 3 is 2.55 bits per heavy atom. The van der Waals surface area contributed by atoms with Gasteiger partial charge in [-0.3, -0.25) is 4.79 Å². The van der Waals surface area contributed by atoms with E-state index in [1.807, 2.05) is 0 Å². The quantitative estimate of drug-likeness (QED) is 0.791. The highest BCUT2D eigenvalue weighted by Gasteiger charge is 2.25. The molecule has 0 radical (unpaired) electrons. The van der Waals surface area contributed by atoms with Gasteiger partial charge in [-0.05, 0) is 31.0 Å². The number of anilines is 1. The molecule has 1 aliphatic rings. The first-order chi connectivity index (χ1) is 9.36. The smallest absolute Gasteiger partial charge is 0.251 e. The van der Waals surface area contributed by atoms with Gasteiger partial charge in [-0.2, -0.15) is 0 Å². The molecule has 1 saturated heterocycles. The van der Waals surface area contributed by atoms with Crippen LogP contribution >= 0.6 is 0 Å². The van der Waals surface area contributed by atoms with Crippen molar-refractivity contribution in [2.45, 2.75) is 18.9 Å². The summed E-state index contributed by atoms with van der Waals surface area (Å²) >= 11 is 0. The Labute approximate surface area is 119 Å². The van der Waals surface area contributed by atoms with Gasteiger partial charge >= 0.3 is 0 Å². The van der Waals surface area contributed by atoms with E-state index < -0.39 is 10.0 Å². The lowest BCUT2D eigenvalue weighted by Gasteiger charge is -2.30. The lowest BCUT2D eigenvalue weighted by Crippen LogP contribution is -2.46. The molecule has 3 N–H and O–H groups in total. The molecule has 0 bridgehead atoms. The minimum atomic E-state index is -3.13. The average molecular weight is 297 g/mol. The number of piperidine rings is 1. The van der Waals surface area contributed by atoms with Gasteiger partial charge in [-0.25, -0.2) is 12.7 Å². The van der Waals surface area contributed by atoms with Crippen LogP contribution < -0.4 is 11.1 Å². The minimum absolute atomic E-state index is 0.00179. The van der Waals surface area contributed by atoms with Gasteiger partial charge in [-0.15, -0.1) is 0 Å². The van der Waals surface area contributed by atoms with Gasteiger partial charge in [0, 0.05) is 30.4 Å². The molecule has 1 heterocycles. The summed E-state index contributed by atoms with van der Waals surface area (Å²) in [5.41, 5.74) is 6.71. The van der Waals surface area contributed by atoms with Gasteiger partial charge in [0.2, 0.25) is 10.0 Å². The lowest BCUT2D eigenvalue weighted by molar-refractivity contribution is 0.0924. The first-order valence-corrected chi connectivity index (χ1v) is 8.32. The van der Waals surface area contributed by atoms with Crippen LogP contribution in [-0.4, -0.2) is 44.0 Å². The molecule has 1 aromatic carbocycles. The molecule has 2 rings (SSSR count). The summed E-state index contributed by atoms with van der Waals surface area (Å²) in [5.74, 6) is -0.171. The number of nitrogens with zero attached hydrogens (tertiary/aromatic N) is 1. The Kier molecular flexibility index (Phi) is 4.29. The van der Waals surface area contributed by atoms with Crippen molar-refractivity contribution < 1.29 is 13.2 Å². The Balaban J connectivity index is 1.91. The van der Waals surface area contributed by atoms with Crippen molar-refractivity contribution in [2.75, 3.05) is 25.1 Å².